The summed E-state index contributed by atoms with van der Waals surface area (Å²) in [6.45, 7) is -0.389. The van der Waals surface area contributed by atoms with E-state index in [2.05, 4.69) is 5.73 Å². The summed E-state index contributed by atoms with van der Waals surface area (Å²) in [5.41, 5.74) is 4.51. The number of carbonyl (C=O) groups excluding carboxylic acids is 1. The van der Waals surface area contributed by atoms with Crippen LogP contribution >= 0.6 is 0 Å². The largest absolute Gasteiger partial charge is 1.00 e. The summed E-state index contributed by atoms with van der Waals surface area (Å²) in [7, 11) is 0. The zero-order chi connectivity index (χ0) is 6.99. The Morgan fingerprint density at radius 3 is 1.78 bits per heavy atom. The SMILES string of the molecule is NCC(=O)[O-].[Na+].[OH][AlH][OH]. The number of carboxylic acid groups (broad SMARTS) is 1. The molecule has 5 nitrogen and oxygen atoms in total. The van der Waals surface area contributed by atoms with Gasteiger partial charge in [-0.25, -0.2) is 0 Å². The van der Waals surface area contributed by atoms with Crippen LogP contribution < -0.4 is 40.4 Å². The number of aliphatic carboxylic acids is 1. The van der Waals surface area contributed by atoms with E-state index in [9.17, 15) is 0 Å². The van der Waals surface area contributed by atoms with Gasteiger partial charge in [0, 0.05) is 6.54 Å². The first kappa shape index (κ1) is 16.5. The van der Waals surface area contributed by atoms with Crippen LogP contribution in [0.15, 0.2) is 0 Å². The summed E-state index contributed by atoms with van der Waals surface area (Å²) in [6, 6.07) is 0. The second kappa shape index (κ2) is 15.9. The van der Waals surface area contributed by atoms with Crippen LogP contribution in [0.5, 0.6) is 0 Å². The maximum absolute atomic E-state index is 9.13. The molecule has 0 aliphatic carbocycles. The molecule has 0 aliphatic heterocycles. The topological polar surface area (TPSA) is 107 Å². The van der Waals surface area contributed by atoms with Crippen molar-refractivity contribution in [2.45, 2.75) is 0 Å². The Balaban J connectivity index is -0.0000000800. The van der Waals surface area contributed by atoms with Gasteiger partial charge in [0.15, 0.2) is 0 Å². The summed E-state index contributed by atoms with van der Waals surface area (Å²) in [6.07, 6.45) is 0. The molecule has 0 saturated heterocycles. The van der Waals surface area contributed by atoms with E-state index >= 15 is 0 Å². The summed E-state index contributed by atoms with van der Waals surface area (Å²) >= 11 is -1.58. The monoisotopic (exact) mass is 159 g/mol. The third-order valence-electron chi connectivity index (χ3n) is 0.167. The second-order valence-electron chi connectivity index (χ2n) is 0.718. The molecule has 0 bridgehead atoms. The van der Waals surface area contributed by atoms with E-state index in [4.69, 9.17) is 18.2 Å². The fraction of sp³-hybridized carbons (Fsp3) is 0.500. The number of hydrogen-bond donors (Lipinski definition) is 3. The van der Waals surface area contributed by atoms with Crippen molar-refractivity contribution in [2.75, 3.05) is 6.54 Å². The Morgan fingerprint density at radius 2 is 1.78 bits per heavy atom. The van der Waals surface area contributed by atoms with Gasteiger partial charge in [0.1, 0.15) is 0 Å². The maximum Gasteiger partial charge on any atom is 1.00 e. The molecule has 0 aromatic heterocycles. The van der Waals surface area contributed by atoms with Crippen molar-refractivity contribution < 1.29 is 47.8 Å². The van der Waals surface area contributed by atoms with E-state index < -0.39 is 21.9 Å². The molecule has 0 aliphatic rings. The van der Waals surface area contributed by atoms with Crippen molar-refractivity contribution in [2.24, 2.45) is 5.73 Å². The average molecular weight is 159 g/mol. The van der Waals surface area contributed by atoms with E-state index in [1.165, 1.54) is 0 Å². The molecule has 0 fully saturated rings. The summed E-state index contributed by atoms with van der Waals surface area (Å²) < 4.78 is 14.5. The van der Waals surface area contributed by atoms with Crippen LogP contribution in [-0.4, -0.2) is 36.7 Å². The molecule has 9 heavy (non-hydrogen) atoms. The Labute approximate surface area is 81.5 Å². The smallest absolute Gasteiger partial charge is 0.549 e. The van der Waals surface area contributed by atoms with Gasteiger partial charge in [-0.15, -0.1) is 0 Å². The third kappa shape index (κ3) is 50.6. The second-order valence-corrected chi connectivity index (χ2v) is 1.00. The molecule has 0 unspecified atom stereocenters. The van der Waals surface area contributed by atoms with Gasteiger partial charge in [-0.05, 0) is 0 Å². The van der Waals surface area contributed by atoms with Gasteiger partial charge in [0.25, 0.3) is 0 Å². The van der Waals surface area contributed by atoms with Gasteiger partial charge in [-0.3, -0.25) is 0 Å². The first-order valence-corrected chi connectivity index (χ1v) is 3.07. The fourth-order valence-electron chi connectivity index (χ4n) is 0. The van der Waals surface area contributed by atoms with Crippen LogP contribution in [0.3, 0.4) is 0 Å². The van der Waals surface area contributed by atoms with E-state index in [0.717, 1.165) is 0 Å². The van der Waals surface area contributed by atoms with Crippen molar-refractivity contribution in [3.8, 4) is 0 Å². The Morgan fingerprint density at radius 1 is 1.67 bits per heavy atom. The van der Waals surface area contributed by atoms with E-state index in [1.807, 2.05) is 0 Å². The van der Waals surface area contributed by atoms with Crippen LogP contribution in [0, 0.1) is 0 Å². The summed E-state index contributed by atoms with van der Waals surface area (Å²) in [4.78, 5) is 9.13. The molecule has 0 amide bonds. The van der Waals surface area contributed by atoms with Gasteiger partial charge in [0.05, 0.1) is 5.97 Å². The number of nitrogens with two attached hydrogens (primary N) is 1. The molecule has 0 spiro atoms. The zero-order valence-electron chi connectivity index (χ0n) is 5.20. The van der Waals surface area contributed by atoms with Gasteiger partial charge < -0.3 is 24.0 Å². The van der Waals surface area contributed by atoms with Crippen molar-refractivity contribution in [3.05, 3.63) is 0 Å². The molecule has 7 heteroatoms. The van der Waals surface area contributed by atoms with Crippen LogP contribution in [0.25, 0.3) is 0 Å². The van der Waals surface area contributed by atoms with E-state index in [0.29, 0.717) is 0 Å². The molecule has 0 radical (unpaired) electrons. The minimum atomic E-state index is -1.58. The third-order valence-corrected chi connectivity index (χ3v) is 0.167. The Hall–Kier alpha value is 0.882. The van der Waals surface area contributed by atoms with Crippen LogP contribution in [0.4, 0.5) is 0 Å². The molecule has 0 rings (SSSR count). The molecule has 4 N–H and O–H groups in total. The van der Waals surface area contributed by atoms with Gasteiger partial charge >= 0.3 is 45.4 Å². The first-order chi connectivity index (χ1) is 3.68. The number of carbonyl (C=O) groups is 1. The first-order valence-electron chi connectivity index (χ1n) is 1.80. The van der Waals surface area contributed by atoms with Crippen LogP contribution in [0.2, 0.25) is 0 Å². The van der Waals surface area contributed by atoms with Crippen molar-refractivity contribution in [1.29, 1.82) is 0 Å². The van der Waals surface area contributed by atoms with Crippen LogP contribution in [-0.2, 0) is 4.79 Å². The molecular weight excluding hydrogens is 152 g/mol. The molecular formula is C2H7AlNNaO4. The van der Waals surface area contributed by atoms with Crippen molar-refractivity contribution in [3.63, 3.8) is 0 Å². The van der Waals surface area contributed by atoms with Gasteiger partial charge in [0.2, 0.25) is 0 Å². The normalized spacial score (nSPS) is 5.67. The van der Waals surface area contributed by atoms with Gasteiger partial charge in [-0.2, -0.15) is 0 Å². The molecule has 0 heterocycles. The number of hydrogen-bond acceptors (Lipinski definition) is 5. The minimum Gasteiger partial charge on any atom is -0.549 e. The molecule has 0 atom stereocenters. The van der Waals surface area contributed by atoms with Crippen molar-refractivity contribution in [1.82, 2.24) is 0 Å². The summed E-state index contributed by atoms with van der Waals surface area (Å²) in [5.74, 6) is -1.22. The van der Waals surface area contributed by atoms with Crippen LogP contribution in [0.1, 0.15) is 0 Å². The average Bonchev–Trinajstić information content (AvgIpc) is 1.69. The van der Waals surface area contributed by atoms with Gasteiger partial charge in [-0.1, -0.05) is 0 Å². The van der Waals surface area contributed by atoms with E-state index in [-0.39, 0.29) is 36.1 Å². The molecule has 0 aromatic rings. The summed E-state index contributed by atoms with van der Waals surface area (Å²) in [5, 5.41) is 9.13. The molecule has 48 valence electrons. The number of rotatable bonds is 1. The molecule has 0 aromatic carbocycles. The Bertz CT molecular complexity index is 62.5. The van der Waals surface area contributed by atoms with Crippen molar-refractivity contribution >= 4 is 21.9 Å². The standard InChI is InChI=1S/C2H5NO2.Al.Na.2H2O.H/c3-1-2(4)5;;;;;/h1,3H2,(H,4,5);;;2*1H2;/q;+2;+1;;;/p-3. The fourth-order valence-corrected chi connectivity index (χ4v) is 0. The molecule has 0 saturated carbocycles. The maximum atomic E-state index is 9.13. The minimum absolute atomic E-state index is 0. The Kier molecular flexibility index (Phi) is 29.2. The zero-order valence-corrected chi connectivity index (χ0v) is 8.62. The number of carboxylic acids is 1. The quantitative estimate of drug-likeness (QED) is 0.329. The van der Waals surface area contributed by atoms with E-state index in [1.54, 1.807) is 0 Å². The predicted octanol–water partition coefficient (Wildman–Crippen LogP) is -7.06. The predicted molar refractivity (Wildman–Crippen MR) is 25.6 cm³/mol.